The Morgan fingerprint density at radius 1 is 1.44 bits per heavy atom. The van der Waals surface area contributed by atoms with Crippen LogP contribution in [0.2, 0.25) is 5.02 Å². The van der Waals surface area contributed by atoms with Gasteiger partial charge in [-0.05, 0) is 36.6 Å². The molecule has 6 heteroatoms. The lowest BCUT2D eigenvalue weighted by Gasteiger charge is -2.25. The summed E-state index contributed by atoms with van der Waals surface area (Å²) in [6, 6.07) is 7.79. The van der Waals surface area contributed by atoms with Gasteiger partial charge in [0.2, 0.25) is 0 Å². The van der Waals surface area contributed by atoms with Crippen molar-refractivity contribution in [3.05, 3.63) is 41.0 Å². The van der Waals surface area contributed by atoms with Crippen LogP contribution in [-0.2, 0) is 20.8 Å². The molecule has 134 valence electrons. The first-order valence-corrected chi connectivity index (χ1v) is 8.98. The molecule has 1 unspecified atom stereocenters. The van der Waals surface area contributed by atoms with Gasteiger partial charge in [0.15, 0.2) is 0 Å². The number of ether oxygens (including phenoxy) is 2. The van der Waals surface area contributed by atoms with Crippen LogP contribution in [0, 0.1) is 0 Å². The van der Waals surface area contributed by atoms with Crippen LogP contribution in [-0.4, -0.2) is 48.8 Å². The van der Waals surface area contributed by atoms with Gasteiger partial charge in [-0.1, -0.05) is 17.7 Å². The molecule has 0 saturated carbocycles. The van der Waals surface area contributed by atoms with Crippen molar-refractivity contribution in [2.75, 3.05) is 26.8 Å². The molecule has 0 amide bonds. The summed E-state index contributed by atoms with van der Waals surface area (Å²) < 4.78 is 10.5. The standard InChI is InChI=1S/C19H23ClN2O3/c1-24-18(23)8-10-22(13-15-4-3-11-25-15)12-14-6-7-17(20)16-5-2-9-21-19(14)16/h2,5-7,9,15H,3-4,8,10-13H2,1H3. The Hall–Kier alpha value is -1.69. The number of hydrogen-bond acceptors (Lipinski definition) is 5. The second-order valence-corrected chi connectivity index (χ2v) is 6.71. The highest BCUT2D eigenvalue weighted by Gasteiger charge is 2.21. The highest BCUT2D eigenvalue weighted by Crippen LogP contribution is 2.26. The zero-order valence-corrected chi connectivity index (χ0v) is 15.2. The summed E-state index contributed by atoms with van der Waals surface area (Å²) in [6.45, 7) is 2.94. The number of nitrogens with zero attached hydrogens (tertiary/aromatic N) is 2. The van der Waals surface area contributed by atoms with Crippen molar-refractivity contribution in [3.8, 4) is 0 Å². The molecule has 1 saturated heterocycles. The van der Waals surface area contributed by atoms with Gasteiger partial charge < -0.3 is 9.47 Å². The molecule has 2 aromatic rings. The van der Waals surface area contributed by atoms with Gasteiger partial charge in [0.25, 0.3) is 0 Å². The highest BCUT2D eigenvalue weighted by atomic mass is 35.5. The molecule has 0 aliphatic carbocycles. The molecule has 1 aromatic heterocycles. The molecule has 25 heavy (non-hydrogen) atoms. The summed E-state index contributed by atoms with van der Waals surface area (Å²) in [7, 11) is 1.42. The number of methoxy groups -OCH3 is 1. The van der Waals surface area contributed by atoms with Gasteiger partial charge in [0.1, 0.15) is 0 Å². The minimum Gasteiger partial charge on any atom is -0.469 e. The molecule has 0 N–H and O–H groups in total. The van der Waals surface area contributed by atoms with Gasteiger partial charge in [-0.2, -0.15) is 0 Å². The summed E-state index contributed by atoms with van der Waals surface area (Å²) in [5, 5.41) is 1.65. The second-order valence-electron chi connectivity index (χ2n) is 6.30. The Bertz CT molecular complexity index is 732. The van der Waals surface area contributed by atoms with Crippen LogP contribution in [0.15, 0.2) is 30.5 Å². The predicted octanol–water partition coefficient (Wildman–Crippen LogP) is 3.43. The summed E-state index contributed by atoms with van der Waals surface area (Å²) in [5.74, 6) is -0.198. The number of halogens is 1. The third kappa shape index (κ3) is 4.69. The van der Waals surface area contributed by atoms with E-state index in [1.54, 1.807) is 6.20 Å². The van der Waals surface area contributed by atoms with Gasteiger partial charge in [-0.15, -0.1) is 0 Å². The average molecular weight is 363 g/mol. The number of pyridine rings is 1. The third-order valence-corrected chi connectivity index (χ3v) is 4.87. The van der Waals surface area contributed by atoms with Crippen LogP contribution < -0.4 is 0 Å². The van der Waals surface area contributed by atoms with Crippen molar-refractivity contribution < 1.29 is 14.3 Å². The molecule has 1 aliphatic heterocycles. The predicted molar refractivity (Wildman–Crippen MR) is 97.6 cm³/mol. The molecule has 3 rings (SSSR count). The Kier molecular flexibility index (Phi) is 6.24. The number of aromatic nitrogens is 1. The van der Waals surface area contributed by atoms with Crippen molar-refractivity contribution >= 4 is 28.5 Å². The van der Waals surface area contributed by atoms with E-state index < -0.39 is 0 Å². The number of rotatable bonds is 7. The summed E-state index contributed by atoms with van der Waals surface area (Å²) >= 11 is 6.29. The van der Waals surface area contributed by atoms with Crippen molar-refractivity contribution in [1.29, 1.82) is 0 Å². The number of fused-ring (bicyclic) bond motifs is 1. The van der Waals surface area contributed by atoms with Gasteiger partial charge in [-0.3, -0.25) is 14.7 Å². The zero-order chi connectivity index (χ0) is 17.6. The number of carbonyl (C=O) groups is 1. The van der Waals surface area contributed by atoms with E-state index in [9.17, 15) is 4.79 Å². The molecule has 1 aliphatic rings. The molecule has 0 radical (unpaired) electrons. The fourth-order valence-corrected chi connectivity index (χ4v) is 3.44. The lowest BCUT2D eigenvalue weighted by atomic mass is 10.1. The topological polar surface area (TPSA) is 51.7 Å². The van der Waals surface area contributed by atoms with Crippen LogP contribution in [0.25, 0.3) is 10.9 Å². The maximum absolute atomic E-state index is 11.6. The minimum atomic E-state index is -0.198. The van der Waals surface area contributed by atoms with Gasteiger partial charge in [0, 0.05) is 42.8 Å². The van der Waals surface area contributed by atoms with E-state index in [4.69, 9.17) is 21.1 Å². The molecular weight excluding hydrogens is 340 g/mol. The molecule has 1 aromatic carbocycles. The van der Waals surface area contributed by atoms with Crippen LogP contribution in [0.4, 0.5) is 0 Å². The van der Waals surface area contributed by atoms with Crippen molar-refractivity contribution in [1.82, 2.24) is 9.88 Å². The minimum absolute atomic E-state index is 0.198. The number of esters is 1. The summed E-state index contributed by atoms with van der Waals surface area (Å²) in [6.07, 6.45) is 4.53. The lowest BCUT2D eigenvalue weighted by Crippen LogP contribution is -2.33. The van der Waals surface area contributed by atoms with E-state index >= 15 is 0 Å². The van der Waals surface area contributed by atoms with Crippen LogP contribution in [0.3, 0.4) is 0 Å². The Balaban J connectivity index is 1.78. The zero-order valence-electron chi connectivity index (χ0n) is 14.4. The Morgan fingerprint density at radius 2 is 2.32 bits per heavy atom. The van der Waals surface area contributed by atoms with E-state index in [0.717, 1.165) is 42.5 Å². The summed E-state index contributed by atoms with van der Waals surface area (Å²) in [4.78, 5) is 18.3. The first-order chi connectivity index (χ1) is 12.2. The van der Waals surface area contributed by atoms with E-state index in [1.807, 2.05) is 24.3 Å². The maximum atomic E-state index is 11.6. The second kappa shape index (κ2) is 8.61. The van der Waals surface area contributed by atoms with Gasteiger partial charge in [-0.25, -0.2) is 0 Å². The number of hydrogen-bond donors (Lipinski definition) is 0. The fourth-order valence-electron chi connectivity index (χ4n) is 3.23. The molecular formula is C19H23ClN2O3. The number of benzene rings is 1. The summed E-state index contributed by atoms with van der Waals surface area (Å²) in [5.41, 5.74) is 2.01. The quantitative estimate of drug-likeness (QED) is 0.706. The van der Waals surface area contributed by atoms with Crippen molar-refractivity contribution in [2.24, 2.45) is 0 Å². The van der Waals surface area contributed by atoms with E-state index in [1.165, 1.54) is 7.11 Å². The van der Waals surface area contributed by atoms with Crippen molar-refractivity contribution in [2.45, 2.75) is 31.9 Å². The third-order valence-electron chi connectivity index (χ3n) is 4.54. The smallest absolute Gasteiger partial charge is 0.306 e. The number of carbonyl (C=O) groups excluding carboxylic acids is 1. The maximum Gasteiger partial charge on any atom is 0.306 e. The molecule has 2 heterocycles. The van der Waals surface area contributed by atoms with Crippen molar-refractivity contribution in [3.63, 3.8) is 0 Å². The normalized spacial score (nSPS) is 17.3. The first kappa shape index (κ1) is 18.1. The SMILES string of the molecule is COC(=O)CCN(Cc1ccc(Cl)c2cccnc12)CC1CCCO1. The molecule has 0 spiro atoms. The van der Waals surface area contributed by atoms with E-state index in [2.05, 4.69) is 9.88 Å². The average Bonchev–Trinajstić information content (AvgIpc) is 3.15. The lowest BCUT2D eigenvalue weighted by molar-refractivity contribution is -0.141. The molecule has 0 bridgehead atoms. The molecule has 1 atom stereocenters. The molecule has 5 nitrogen and oxygen atoms in total. The van der Waals surface area contributed by atoms with Crippen LogP contribution >= 0.6 is 11.6 Å². The van der Waals surface area contributed by atoms with E-state index in [-0.39, 0.29) is 12.1 Å². The van der Waals surface area contributed by atoms with E-state index in [0.29, 0.717) is 24.5 Å². The largest absolute Gasteiger partial charge is 0.469 e. The van der Waals surface area contributed by atoms with Crippen LogP contribution in [0.1, 0.15) is 24.8 Å². The fraction of sp³-hybridized carbons (Fsp3) is 0.474. The van der Waals surface area contributed by atoms with Gasteiger partial charge >= 0.3 is 5.97 Å². The van der Waals surface area contributed by atoms with Crippen LogP contribution in [0.5, 0.6) is 0 Å². The molecule has 1 fully saturated rings. The van der Waals surface area contributed by atoms with Gasteiger partial charge in [0.05, 0.1) is 25.2 Å². The Labute approximate surface area is 152 Å². The highest BCUT2D eigenvalue weighted by molar-refractivity contribution is 6.35. The monoisotopic (exact) mass is 362 g/mol. The Morgan fingerprint density at radius 3 is 3.08 bits per heavy atom. The first-order valence-electron chi connectivity index (χ1n) is 8.60.